The maximum Gasteiger partial charge on any atom is 0.133 e. The Hall–Kier alpha value is -4.26. The number of aryl methyl sites for hydroxylation is 1. The van der Waals surface area contributed by atoms with Crippen molar-refractivity contribution < 1.29 is 4.74 Å². The quantitative estimate of drug-likeness (QED) is 0.0580. The predicted octanol–water partition coefficient (Wildman–Crippen LogP) is 9.37. The van der Waals surface area contributed by atoms with Crippen LogP contribution in [0.1, 0.15) is 95.6 Å². The summed E-state index contributed by atoms with van der Waals surface area (Å²) in [6.45, 7) is 21.7. The molecular formula is C45H65BN6O. The molecule has 0 saturated carbocycles. The van der Waals surface area contributed by atoms with Gasteiger partial charge in [0.1, 0.15) is 13.5 Å². The summed E-state index contributed by atoms with van der Waals surface area (Å²) < 4.78 is 7.80. The van der Waals surface area contributed by atoms with Crippen LogP contribution in [0.5, 0.6) is 0 Å². The summed E-state index contributed by atoms with van der Waals surface area (Å²) in [5.74, 6) is 0. The molecule has 0 fully saturated rings. The van der Waals surface area contributed by atoms with Crippen molar-refractivity contribution in [3.05, 3.63) is 114 Å². The minimum atomic E-state index is 0.690. The van der Waals surface area contributed by atoms with E-state index in [9.17, 15) is 0 Å². The molecule has 1 aromatic carbocycles. The number of nitrogens with zero attached hydrogens (tertiary/aromatic N) is 6. The number of benzene rings is 1. The number of fused-ring (bicyclic) bond motifs is 4. The second-order valence-corrected chi connectivity index (χ2v) is 14.9. The van der Waals surface area contributed by atoms with Gasteiger partial charge in [-0.2, -0.15) is 0 Å². The van der Waals surface area contributed by atoms with Gasteiger partial charge in [-0.05, 0) is 81.6 Å². The first-order valence-corrected chi connectivity index (χ1v) is 19.9. The summed E-state index contributed by atoms with van der Waals surface area (Å²) in [5, 5.41) is 9.01. The Morgan fingerprint density at radius 2 is 1.49 bits per heavy atom. The van der Waals surface area contributed by atoms with Gasteiger partial charge in [0.2, 0.25) is 0 Å². The standard InChI is InChI=1S/C45H65BN6O/c1-36(46)23-22-25-38(3)49(5)31-19-13-21-34-53-33-20-11-9-8-10-14-24-37(2)50(6)32-30-39(4)52-35-40-26-15-12-16-27-41(40)44-45(51(7)48-47-44)42-28-17-18-29-43(42)52/h12,16-18,26-29H,1-4,8-11,13-14,19-25,30-35,46H2,5-7H3. The second-order valence-electron chi connectivity index (χ2n) is 14.9. The third-order valence-corrected chi connectivity index (χ3v) is 10.5. The molecule has 0 N–H and O–H groups in total. The van der Waals surface area contributed by atoms with Crippen LogP contribution >= 0.6 is 0 Å². The summed E-state index contributed by atoms with van der Waals surface area (Å²) in [7, 11) is 8.39. The van der Waals surface area contributed by atoms with Gasteiger partial charge >= 0.3 is 0 Å². The molecular weight excluding hydrogens is 651 g/mol. The third-order valence-electron chi connectivity index (χ3n) is 10.5. The Kier molecular flexibility index (Phi) is 17.3. The Bertz CT molecular complexity index is 1670. The van der Waals surface area contributed by atoms with Crippen LogP contribution in [0.2, 0.25) is 0 Å². The first-order chi connectivity index (χ1) is 25.7. The van der Waals surface area contributed by atoms with Crippen molar-refractivity contribution in [2.75, 3.05) is 51.8 Å². The Labute approximate surface area is 322 Å². The lowest BCUT2D eigenvalue weighted by Crippen LogP contribution is -2.29. The number of anilines is 1. The van der Waals surface area contributed by atoms with Crippen molar-refractivity contribution >= 4 is 19.1 Å². The lowest BCUT2D eigenvalue weighted by Gasteiger charge is -2.32. The van der Waals surface area contributed by atoms with E-state index in [0.717, 1.165) is 111 Å². The number of unbranched alkanes of at least 4 members (excludes halogenated alkanes) is 7. The van der Waals surface area contributed by atoms with Crippen molar-refractivity contribution in [1.29, 1.82) is 0 Å². The molecule has 0 bridgehead atoms. The number of hydrogen-bond donors (Lipinski definition) is 0. The van der Waals surface area contributed by atoms with Gasteiger partial charge in [-0.25, -0.2) is 4.68 Å². The van der Waals surface area contributed by atoms with Crippen LogP contribution in [-0.2, 0) is 11.8 Å². The van der Waals surface area contributed by atoms with Gasteiger partial charge in [-0.1, -0.05) is 81.0 Å². The molecule has 1 aliphatic carbocycles. The highest BCUT2D eigenvalue weighted by molar-refractivity contribution is 6.21. The molecule has 1 aromatic heterocycles. The van der Waals surface area contributed by atoms with E-state index in [1.54, 1.807) is 0 Å². The van der Waals surface area contributed by atoms with Crippen molar-refractivity contribution in [3.63, 3.8) is 0 Å². The van der Waals surface area contributed by atoms with Gasteiger partial charge < -0.3 is 19.4 Å². The van der Waals surface area contributed by atoms with E-state index in [-0.39, 0.29) is 0 Å². The molecule has 0 unspecified atom stereocenters. The summed E-state index contributed by atoms with van der Waals surface area (Å²) in [6.07, 6.45) is 24.3. The first-order valence-electron chi connectivity index (χ1n) is 19.9. The fourth-order valence-corrected chi connectivity index (χ4v) is 6.98. The minimum Gasteiger partial charge on any atom is -0.381 e. The van der Waals surface area contributed by atoms with E-state index < -0.39 is 0 Å². The highest BCUT2D eigenvalue weighted by Gasteiger charge is 2.27. The van der Waals surface area contributed by atoms with E-state index >= 15 is 0 Å². The molecule has 8 heteroatoms. The Morgan fingerprint density at radius 3 is 2.25 bits per heavy atom. The molecule has 0 amide bonds. The van der Waals surface area contributed by atoms with Gasteiger partial charge in [0.15, 0.2) is 0 Å². The monoisotopic (exact) mass is 717 g/mol. The number of ether oxygens (including phenoxy) is 1. The molecule has 53 heavy (non-hydrogen) atoms. The smallest absolute Gasteiger partial charge is 0.133 e. The molecule has 2 aromatic rings. The molecule has 0 atom stereocenters. The highest BCUT2D eigenvalue weighted by Crippen LogP contribution is 2.40. The number of hydrogen-bond acceptors (Lipinski definition) is 6. The molecule has 1 aliphatic heterocycles. The summed E-state index contributed by atoms with van der Waals surface area (Å²) in [6, 6.07) is 8.52. The Morgan fingerprint density at radius 1 is 0.830 bits per heavy atom. The zero-order valence-corrected chi connectivity index (χ0v) is 33.5. The van der Waals surface area contributed by atoms with Gasteiger partial charge in [0.05, 0.1) is 11.4 Å². The van der Waals surface area contributed by atoms with Gasteiger partial charge in [0.25, 0.3) is 0 Å². The molecule has 2 aliphatic rings. The van der Waals surface area contributed by atoms with Gasteiger partial charge in [0, 0.05) is 88.6 Å². The molecule has 0 radical (unpaired) electrons. The van der Waals surface area contributed by atoms with Crippen molar-refractivity contribution in [2.24, 2.45) is 7.05 Å². The van der Waals surface area contributed by atoms with Crippen LogP contribution in [0.3, 0.4) is 0 Å². The van der Waals surface area contributed by atoms with Crippen molar-refractivity contribution in [3.8, 4) is 11.3 Å². The molecule has 2 heterocycles. The van der Waals surface area contributed by atoms with Crippen LogP contribution in [0.4, 0.5) is 5.69 Å². The fraction of sp³-hybridized carbons (Fsp3) is 0.489. The van der Waals surface area contributed by atoms with Crippen molar-refractivity contribution in [1.82, 2.24) is 24.8 Å². The number of rotatable bonds is 25. The van der Waals surface area contributed by atoms with E-state index in [1.165, 1.54) is 61.8 Å². The zero-order chi connectivity index (χ0) is 38.0. The van der Waals surface area contributed by atoms with Crippen molar-refractivity contribution in [2.45, 2.75) is 89.9 Å². The van der Waals surface area contributed by atoms with E-state index in [2.05, 4.69) is 115 Å². The summed E-state index contributed by atoms with van der Waals surface area (Å²) in [4.78, 5) is 6.98. The van der Waals surface area contributed by atoms with Gasteiger partial charge in [-0.15, -0.1) is 22.9 Å². The van der Waals surface area contributed by atoms with Gasteiger partial charge in [-0.3, -0.25) is 0 Å². The van der Waals surface area contributed by atoms with Crippen LogP contribution in [0.15, 0.2) is 109 Å². The van der Waals surface area contributed by atoms with Crippen LogP contribution in [0, 0.1) is 0 Å². The lowest BCUT2D eigenvalue weighted by atomic mass is 9.92. The molecule has 0 spiro atoms. The summed E-state index contributed by atoms with van der Waals surface area (Å²) >= 11 is 0. The normalized spacial score (nSPS) is 13.2. The van der Waals surface area contributed by atoms with Crippen LogP contribution < -0.4 is 4.90 Å². The molecule has 7 nitrogen and oxygen atoms in total. The second kappa shape index (κ2) is 22.1. The first kappa shape index (κ1) is 41.5. The third kappa shape index (κ3) is 13.0. The van der Waals surface area contributed by atoms with Crippen LogP contribution in [0.25, 0.3) is 16.8 Å². The van der Waals surface area contributed by atoms with E-state index in [1.807, 2.05) is 23.9 Å². The molecule has 284 valence electrons. The Balaban J connectivity index is 1.08. The maximum atomic E-state index is 5.92. The number of aromatic nitrogens is 3. The lowest BCUT2D eigenvalue weighted by molar-refractivity contribution is 0.125. The van der Waals surface area contributed by atoms with E-state index in [4.69, 9.17) is 4.74 Å². The number of allylic oxidation sites excluding steroid dienone is 6. The SMILES string of the molecule is BC(=C)CCCC(=C)N(C)CCCCCOCCCCCCCCC(=C)N(C)CCC(=C)N1CC2=C(C=CC=C=C2)c2nnn(C)c2-c2ccccc21. The molecule has 4 rings (SSSR count). The average Bonchev–Trinajstić information content (AvgIpc) is 3.36. The average molecular weight is 717 g/mol. The number of para-hydroxylation sites is 1. The predicted molar refractivity (Wildman–Crippen MR) is 228 cm³/mol. The zero-order valence-electron chi connectivity index (χ0n) is 33.5. The largest absolute Gasteiger partial charge is 0.381 e. The van der Waals surface area contributed by atoms with Crippen LogP contribution in [-0.4, -0.2) is 79.6 Å². The minimum absolute atomic E-state index is 0.690. The maximum absolute atomic E-state index is 5.92. The molecule has 0 saturated heterocycles. The topological polar surface area (TPSA) is 49.7 Å². The fourth-order valence-electron chi connectivity index (χ4n) is 6.98. The van der Waals surface area contributed by atoms with E-state index in [0.29, 0.717) is 6.54 Å². The summed E-state index contributed by atoms with van der Waals surface area (Å²) in [5.41, 5.74) is 14.5. The highest BCUT2D eigenvalue weighted by atomic mass is 16.5.